The minimum absolute atomic E-state index is 0.0416. The zero-order chi connectivity index (χ0) is 20.3. The Morgan fingerprint density at radius 3 is 2.32 bits per heavy atom. The van der Waals surface area contributed by atoms with Gasteiger partial charge >= 0.3 is 5.97 Å². The van der Waals surface area contributed by atoms with Crippen LogP contribution in [0.5, 0.6) is 11.5 Å². The van der Waals surface area contributed by atoms with Crippen LogP contribution >= 0.6 is 0 Å². The summed E-state index contributed by atoms with van der Waals surface area (Å²) in [4.78, 5) is 12.6. The van der Waals surface area contributed by atoms with E-state index in [1.54, 1.807) is 25.1 Å². The molecule has 0 amide bonds. The van der Waals surface area contributed by atoms with E-state index in [0.29, 0.717) is 11.3 Å². The largest absolute Gasteiger partial charge is 0.467 e. The molecule has 1 heterocycles. The molecule has 0 saturated carbocycles. The van der Waals surface area contributed by atoms with Crippen LogP contribution in [-0.4, -0.2) is 42.2 Å². The molecule has 0 N–H and O–H groups in total. The Bertz CT molecular complexity index is 969. The lowest BCUT2D eigenvalue weighted by molar-refractivity contribution is 0.0428. The Morgan fingerprint density at radius 2 is 1.68 bits per heavy atom. The van der Waals surface area contributed by atoms with Crippen molar-refractivity contribution in [1.82, 2.24) is 0 Å². The Morgan fingerprint density at radius 1 is 1.04 bits per heavy atom. The van der Waals surface area contributed by atoms with Gasteiger partial charge in [0.1, 0.15) is 17.1 Å². The highest BCUT2D eigenvalue weighted by atomic mass is 32.2. The Labute approximate surface area is 162 Å². The molecule has 0 spiro atoms. The standard InChI is InChI=1S/C19H20O8S/c1-12-15(25-10-23-2)9-14-16(17(12)26-11-24-3)18(20)27-19(14)28(21,22)13-7-5-4-6-8-13/h4-9,19H,10-11H2,1-3H3. The van der Waals surface area contributed by atoms with E-state index >= 15 is 0 Å². The number of ether oxygens (including phenoxy) is 5. The van der Waals surface area contributed by atoms with Crippen molar-refractivity contribution in [1.29, 1.82) is 0 Å². The van der Waals surface area contributed by atoms with Crippen LogP contribution in [0.4, 0.5) is 0 Å². The summed E-state index contributed by atoms with van der Waals surface area (Å²) in [6.45, 7) is 1.49. The number of benzene rings is 2. The van der Waals surface area contributed by atoms with E-state index in [4.69, 9.17) is 23.7 Å². The van der Waals surface area contributed by atoms with Crippen molar-refractivity contribution in [2.75, 3.05) is 27.8 Å². The summed E-state index contributed by atoms with van der Waals surface area (Å²) < 4.78 is 52.3. The fourth-order valence-corrected chi connectivity index (χ4v) is 4.42. The summed E-state index contributed by atoms with van der Waals surface area (Å²) in [5, 5.41) is 0. The molecule has 0 bridgehead atoms. The van der Waals surface area contributed by atoms with Crippen molar-refractivity contribution in [2.45, 2.75) is 17.3 Å². The first-order valence-corrected chi connectivity index (χ1v) is 9.87. The highest BCUT2D eigenvalue weighted by molar-refractivity contribution is 7.91. The third kappa shape index (κ3) is 3.56. The SMILES string of the molecule is COCOc1cc2c(c(OCOC)c1C)C(=O)OC2S(=O)(=O)c1ccccc1. The number of cyclic esters (lactones) is 1. The topological polar surface area (TPSA) is 97.4 Å². The van der Waals surface area contributed by atoms with Gasteiger partial charge in [-0.05, 0) is 25.1 Å². The lowest BCUT2D eigenvalue weighted by atomic mass is 10.0. The van der Waals surface area contributed by atoms with Crippen molar-refractivity contribution in [3.05, 3.63) is 53.1 Å². The van der Waals surface area contributed by atoms with E-state index in [0.717, 1.165) is 0 Å². The molecule has 1 aliphatic rings. The van der Waals surface area contributed by atoms with E-state index in [9.17, 15) is 13.2 Å². The normalized spacial score (nSPS) is 15.8. The van der Waals surface area contributed by atoms with E-state index in [2.05, 4.69) is 0 Å². The lowest BCUT2D eigenvalue weighted by Crippen LogP contribution is -2.14. The highest BCUT2D eigenvalue weighted by Gasteiger charge is 2.44. The fourth-order valence-electron chi connectivity index (χ4n) is 2.90. The summed E-state index contributed by atoms with van der Waals surface area (Å²) in [7, 11) is -1.10. The van der Waals surface area contributed by atoms with E-state index in [1.165, 1.54) is 32.4 Å². The Balaban J connectivity index is 2.16. The molecule has 0 radical (unpaired) electrons. The number of carbonyl (C=O) groups is 1. The van der Waals surface area contributed by atoms with Gasteiger partial charge in [-0.1, -0.05) is 18.2 Å². The summed E-state index contributed by atoms with van der Waals surface area (Å²) in [5.41, 5.74) is -0.809. The van der Waals surface area contributed by atoms with Crippen molar-refractivity contribution in [3.8, 4) is 11.5 Å². The van der Waals surface area contributed by atoms with E-state index < -0.39 is 21.2 Å². The van der Waals surface area contributed by atoms with Gasteiger partial charge in [-0.2, -0.15) is 0 Å². The van der Waals surface area contributed by atoms with Gasteiger partial charge in [-0.25, -0.2) is 13.2 Å². The first-order chi connectivity index (χ1) is 13.4. The minimum Gasteiger partial charge on any atom is -0.467 e. The van der Waals surface area contributed by atoms with Crippen molar-refractivity contribution < 1.29 is 36.9 Å². The summed E-state index contributed by atoms with van der Waals surface area (Å²) in [6, 6.07) is 9.25. The quantitative estimate of drug-likeness (QED) is 0.486. The second kappa shape index (κ2) is 8.17. The van der Waals surface area contributed by atoms with Crippen LogP contribution in [0.2, 0.25) is 0 Å². The van der Waals surface area contributed by atoms with Crippen LogP contribution in [0.1, 0.15) is 26.9 Å². The third-order valence-corrected chi connectivity index (χ3v) is 6.03. The average molecular weight is 408 g/mol. The third-order valence-electron chi connectivity index (χ3n) is 4.19. The van der Waals surface area contributed by atoms with E-state index in [-0.39, 0.29) is 35.4 Å². The number of hydrogen-bond donors (Lipinski definition) is 0. The van der Waals surface area contributed by atoms with Gasteiger partial charge in [0.15, 0.2) is 13.6 Å². The molecule has 8 nitrogen and oxygen atoms in total. The van der Waals surface area contributed by atoms with Crippen LogP contribution in [0, 0.1) is 6.92 Å². The van der Waals surface area contributed by atoms with Gasteiger partial charge in [0.25, 0.3) is 0 Å². The molecule has 0 fully saturated rings. The summed E-state index contributed by atoms with van der Waals surface area (Å²) >= 11 is 0. The number of esters is 1. The first kappa shape index (κ1) is 20.1. The molecule has 1 atom stereocenters. The van der Waals surface area contributed by atoms with Gasteiger partial charge in [0.05, 0.1) is 4.90 Å². The van der Waals surface area contributed by atoms with Gasteiger partial charge in [-0.3, -0.25) is 0 Å². The molecular formula is C19H20O8S. The fraction of sp³-hybridized carbons (Fsp3) is 0.316. The molecule has 0 aliphatic carbocycles. The smallest absolute Gasteiger partial charge is 0.344 e. The maximum Gasteiger partial charge on any atom is 0.344 e. The molecule has 9 heteroatoms. The molecule has 0 aromatic heterocycles. The zero-order valence-electron chi connectivity index (χ0n) is 15.6. The molecule has 1 unspecified atom stereocenters. The van der Waals surface area contributed by atoms with E-state index in [1.807, 2.05) is 0 Å². The number of rotatable bonds is 8. The second-order valence-corrected chi connectivity index (χ2v) is 7.98. The molecule has 2 aromatic rings. The van der Waals surface area contributed by atoms with Crippen LogP contribution in [0.3, 0.4) is 0 Å². The van der Waals surface area contributed by atoms with Gasteiger partial charge in [0, 0.05) is 25.3 Å². The van der Waals surface area contributed by atoms with Crippen molar-refractivity contribution in [2.24, 2.45) is 0 Å². The second-order valence-electron chi connectivity index (χ2n) is 5.99. The average Bonchev–Trinajstić information content (AvgIpc) is 3.03. The van der Waals surface area contributed by atoms with Crippen molar-refractivity contribution >= 4 is 15.8 Å². The molecule has 0 saturated heterocycles. The first-order valence-electron chi connectivity index (χ1n) is 8.32. The maximum atomic E-state index is 13.1. The Hall–Kier alpha value is -2.62. The van der Waals surface area contributed by atoms with Crippen LogP contribution in [0.25, 0.3) is 0 Å². The van der Waals surface area contributed by atoms with Crippen LogP contribution < -0.4 is 9.47 Å². The minimum atomic E-state index is -3.99. The highest BCUT2D eigenvalue weighted by Crippen LogP contribution is 2.46. The molecule has 1 aliphatic heterocycles. The van der Waals surface area contributed by atoms with Crippen molar-refractivity contribution in [3.63, 3.8) is 0 Å². The number of hydrogen-bond acceptors (Lipinski definition) is 8. The lowest BCUT2D eigenvalue weighted by Gasteiger charge is -2.17. The maximum absolute atomic E-state index is 13.1. The van der Waals surface area contributed by atoms with Gasteiger partial charge in [-0.15, -0.1) is 0 Å². The van der Waals surface area contributed by atoms with Crippen LogP contribution in [0.15, 0.2) is 41.3 Å². The monoisotopic (exact) mass is 408 g/mol. The molecule has 3 rings (SSSR count). The van der Waals surface area contributed by atoms with Gasteiger partial charge in [0.2, 0.25) is 15.3 Å². The predicted molar refractivity (Wildman–Crippen MR) is 98.0 cm³/mol. The number of sulfone groups is 1. The summed E-state index contributed by atoms with van der Waals surface area (Å²) in [5.74, 6) is -0.313. The number of fused-ring (bicyclic) bond motifs is 1. The molecule has 28 heavy (non-hydrogen) atoms. The Kier molecular flexibility index (Phi) is 5.87. The number of methoxy groups -OCH3 is 2. The number of carbonyl (C=O) groups excluding carboxylic acids is 1. The molecular weight excluding hydrogens is 388 g/mol. The predicted octanol–water partition coefficient (Wildman–Crippen LogP) is 2.60. The zero-order valence-corrected chi connectivity index (χ0v) is 16.4. The molecule has 2 aromatic carbocycles. The molecule has 150 valence electrons. The van der Waals surface area contributed by atoms with Crippen LogP contribution in [-0.2, 0) is 24.0 Å². The summed E-state index contributed by atoms with van der Waals surface area (Å²) in [6.07, 6.45) is 0. The van der Waals surface area contributed by atoms with Gasteiger partial charge < -0.3 is 23.7 Å².